The van der Waals surface area contributed by atoms with Gasteiger partial charge < -0.3 is 20.2 Å². The number of piperazine rings is 1. The lowest BCUT2D eigenvalue weighted by molar-refractivity contribution is -0.145. The molecule has 146 valence electrons. The number of hydrogen-bond donors (Lipinski definition) is 2. The maximum Gasteiger partial charge on any atom is 0.230 e. The van der Waals surface area contributed by atoms with Crippen LogP contribution < -0.4 is 10.2 Å². The number of rotatable bonds is 2. The second kappa shape index (κ2) is 8.68. The third-order valence-corrected chi connectivity index (χ3v) is 6.25. The molecule has 0 bridgehead atoms. The highest BCUT2D eigenvalue weighted by Gasteiger charge is 2.51. The first-order valence-electron chi connectivity index (χ1n) is 9.23. The van der Waals surface area contributed by atoms with E-state index in [1.54, 1.807) is 12.1 Å². The number of phenols is 1. The van der Waals surface area contributed by atoms with Crippen molar-refractivity contribution in [2.75, 3.05) is 44.2 Å². The quantitative estimate of drug-likeness (QED) is 0.799. The van der Waals surface area contributed by atoms with Crippen molar-refractivity contribution in [1.82, 2.24) is 10.2 Å². The van der Waals surface area contributed by atoms with Crippen molar-refractivity contribution >= 4 is 36.4 Å². The van der Waals surface area contributed by atoms with Gasteiger partial charge in [0, 0.05) is 38.4 Å². The number of phenolic OH excluding ortho intramolecular Hbond substituents is 1. The van der Waals surface area contributed by atoms with Gasteiger partial charge in [-0.25, -0.2) is 0 Å². The Morgan fingerprint density at radius 2 is 1.77 bits per heavy atom. The molecule has 7 heteroatoms. The number of halogens is 2. The number of carbonyl (C=O) groups excluding carboxylic acids is 1. The minimum Gasteiger partial charge on any atom is -0.508 e. The standard InChI is InChI=1S/C19H27N3O2.2ClH/c23-17-6-4-16(5-7-17)21-9-11-22(12-10-21)18(24)19-8-2-1-3-15(19)13-20-14-19;;/h4-7,15,20,23H,1-3,8-14H2;2*1H/t15-,19+;;/m0../s1. The molecule has 2 heterocycles. The molecule has 1 saturated carbocycles. The highest BCUT2D eigenvalue weighted by Crippen LogP contribution is 2.45. The third kappa shape index (κ3) is 3.75. The van der Waals surface area contributed by atoms with Crippen LogP contribution in [0.1, 0.15) is 25.7 Å². The molecule has 4 rings (SSSR count). The van der Waals surface area contributed by atoms with E-state index in [0.29, 0.717) is 17.6 Å². The average Bonchev–Trinajstić information content (AvgIpc) is 3.07. The maximum atomic E-state index is 13.3. The zero-order valence-electron chi connectivity index (χ0n) is 15.0. The van der Waals surface area contributed by atoms with Crippen LogP contribution in [0.5, 0.6) is 5.75 Å². The molecule has 1 aliphatic carbocycles. The van der Waals surface area contributed by atoms with E-state index in [0.717, 1.165) is 51.4 Å². The number of benzene rings is 1. The van der Waals surface area contributed by atoms with Gasteiger partial charge in [-0.2, -0.15) is 0 Å². The first-order valence-corrected chi connectivity index (χ1v) is 9.23. The lowest BCUT2D eigenvalue weighted by Crippen LogP contribution is -2.56. The molecule has 1 aromatic rings. The summed E-state index contributed by atoms with van der Waals surface area (Å²) in [4.78, 5) is 17.7. The number of aromatic hydroxyl groups is 1. The van der Waals surface area contributed by atoms with Crippen molar-refractivity contribution in [3.05, 3.63) is 24.3 Å². The highest BCUT2D eigenvalue weighted by molar-refractivity contribution is 5.86. The minimum atomic E-state index is -0.126. The molecule has 1 aromatic carbocycles. The zero-order chi connectivity index (χ0) is 16.6. The van der Waals surface area contributed by atoms with Gasteiger partial charge in [-0.1, -0.05) is 12.8 Å². The summed E-state index contributed by atoms with van der Waals surface area (Å²) in [6, 6.07) is 7.35. The highest BCUT2D eigenvalue weighted by atomic mass is 35.5. The van der Waals surface area contributed by atoms with Crippen molar-refractivity contribution in [3.63, 3.8) is 0 Å². The number of nitrogens with one attached hydrogen (secondary N) is 1. The Hall–Kier alpha value is -1.17. The van der Waals surface area contributed by atoms with Gasteiger partial charge in [0.15, 0.2) is 0 Å². The zero-order valence-corrected chi connectivity index (χ0v) is 16.7. The Balaban J connectivity index is 0.00000121. The van der Waals surface area contributed by atoms with Gasteiger partial charge in [0.05, 0.1) is 5.41 Å². The summed E-state index contributed by atoms with van der Waals surface area (Å²) in [6.45, 7) is 5.21. The molecular formula is C19H29Cl2N3O2. The van der Waals surface area contributed by atoms with E-state index >= 15 is 0 Å². The molecule has 3 fully saturated rings. The van der Waals surface area contributed by atoms with Gasteiger partial charge in [0.25, 0.3) is 0 Å². The van der Waals surface area contributed by atoms with E-state index in [1.807, 2.05) is 12.1 Å². The van der Waals surface area contributed by atoms with Gasteiger partial charge >= 0.3 is 0 Å². The Morgan fingerprint density at radius 1 is 1.08 bits per heavy atom. The van der Waals surface area contributed by atoms with E-state index < -0.39 is 0 Å². The predicted octanol–water partition coefficient (Wildman–Crippen LogP) is 2.66. The number of anilines is 1. The monoisotopic (exact) mass is 401 g/mol. The molecule has 0 unspecified atom stereocenters. The SMILES string of the molecule is Cl.Cl.O=C(N1CCN(c2ccc(O)cc2)CC1)[C@@]12CCCC[C@H]1CNC2. The molecule has 2 saturated heterocycles. The Labute approximate surface area is 167 Å². The number of hydrogen-bond acceptors (Lipinski definition) is 4. The number of amides is 1. The molecule has 0 aromatic heterocycles. The lowest BCUT2D eigenvalue weighted by atomic mass is 9.67. The number of nitrogens with zero attached hydrogens (tertiary/aromatic N) is 2. The third-order valence-electron chi connectivity index (χ3n) is 6.25. The van der Waals surface area contributed by atoms with Crippen LogP contribution in [0, 0.1) is 11.3 Å². The van der Waals surface area contributed by atoms with Crippen LogP contribution in [0.15, 0.2) is 24.3 Å². The smallest absolute Gasteiger partial charge is 0.230 e. The minimum absolute atomic E-state index is 0. The van der Waals surface area contributed by atoms with Gasteiger partial charge in [0.2, 0.25) is 5.91 Å². The van der Waals surface area contributed by atoms with Crippen LogP contribution in [-0.4, -0.2) is 55.2 Å². The summed E-state index contributed by atoms with van der Waals surface area (Å²) < 4.78 is 0. The Kier molecular flexibility index (Phi) is 7.05. The Bertz CT molecular complexity index is 605. The summed E-state index contributed by atoms with van der Waals surface area (Å²) in [5.41, 5.74) is 0.995. The molecule has 26 heavy (non-hydrogen) atoms. The number of carbonyl (C=O) groups is 1. The van der Waals surface area contributed by atoms with Gasteiger partial charge in [0.1, 0.15) is 5.75 Å². The first-order chi connectivity index (χ1) is 11.7. The molecule has 2 N–H and O–H groups in total. The van der Waals surface area contributed by atoms with E-state index in [1.165, 1.54) is 19.3 Å². The van der Waals surface area contributed by atoms with Gasteiger partial charge in [-0.05, 0) is 49.6 Å². The van der Waals surface area contributed by atoms with Crippen molar-refractivity contribution in [1.29, 1.82) is 0 Å². The van der Waals surface area contributed by atoms with E-state index in [4.69, 9.17) is 0 Å². The molecule has 0 spiro atoms. The van der Waals surface area contributed by atoms with E-state index in [2.05, 4.69) is 15.1 Å². The summed E-state index contributed by atoms with van der Waals surface area (Å²) in [6.07, 6.45) is 4.72. The second-order valence-corrected chi connectivity index (χ2v) is 7.53. The van der Waals surface area contributed by atoms with Crippen molar-refractivity contribution in [3.8, 4) is 5.75 Å². The fourth-order valence-corrected chi connectivity index (χ4v) is 4.81. The summed E-state index contributed by atoms with van der Waals surface area (Å²) in [7, 11) is 0. The van der Waals surface area contributed by atoms with Crippen LogP contribution in [-0.2, 0) is 4.79 Å². The topological polar surface area (TPSA) is 55.8 Å². The summed E-state index contributed by atoms with van der Waals surface area (Å²) in [5.74, 6) is 1.22. The average molecular weight is 402 g/mol. The molecule has 3 aliphatic rings. The normalized spacial score (nSPS) is 27.9. The first kappa shape index (κ1) is 21.1. The fourth-order valence-electron chi connectivity index (χ4n) is 4.81. The van der Waals surface area contributed by atoms with Crippen LogP contribution >= 0.6 is 24.8 Å². The van der Waals surface area contributed by atoms with Crippen molar-refractivity contribution in [2.45, 2.75) is 25.7 Å². The van der Waals surface area contributed by atoms with Crippen LogP contribution in [0.25, 0.3) is 0 Å². The predicted molar refractivity (Wildman–Crippen MR) is 109 cm³/mol. The van der Waals surface area contributed by atoms with Crippen LogP contribution in [0.4, 0.5) is 5.69 Å². The molecule has 2 atom stereocenters. The van der Waals surface area contributed by atoms with Crippen molar-refractivity contribution in [2.24, 2.45) is 11.3 Å². The van der Waals surface area contributed by atoms with Gasteiger partial charge in [-0.3, -0.25) is 4.79 Å². The number of fused-ring (bicyclic) bond motifs is 1. The second-order valence-electron chi connectivity index (χ2n) is 7.53. The molecule has 1 amide bonds. The van der Waals surface area contributed by atoms with Crippen LogP contribution in [0.3, 0.4) is 0 Å². The van der Waals surface area contributed by atoms with E-state index in [-0.39, 0.29) is 30.2 Å². The van der Waals surface area contributed by atoms with E-state index in [9.17, 15) is 9.90 Å². The fraction of sp³-hybridized carbons (Fsp3) is 0.632. The molecule has 5 nitrogen and oxygen atoms in total. The molecule has 0 radical (unpaired) electrons. The van der Waals surface area contributed by atoms with Crippen LogP contribution in [0.2, 0.25) is 0 Å². The maximum absolute atomic E-state index is 13.3. The summed E-state index contributed by atoms with van der Waals surface area (Å²) >= 11 is 0. The van der Waals surface area contributed by atoms with Crippen molar-refractivity contribution < 1.29 is 9.90 Å². The summed E-state index contributed by atoms with van der Waals surface area (Å²) in [5, 5.41) is 12.9. The lowest BCUT2D eigenvalue weighted by Gasteiger charge is -2.44. The van der Waals surface area contributed by atoms with Gasteiger partial charge in [-0.15, -0.1) is 24.8 Å². The largest absolute Gasteiger partial charge is 0.508 e. The molecule has 2 aliphatic heterocycles. The Morgan fingerprint density at radius 3 is 2.46 bits per heavy atom. The molecular weight excluding hydrogens is 373 g/mol.